The molecule has 27 heavy (non-hydrogen) atoms. The summed E-state index contributed by atoms with van der Waals surface area (Å²) in [4.78, 5) is 30.9. The van der Waals surface area contributed by atoms with Crippen molar-refractivity contribution >= 4 is 17.5 Å². The Kier molecular flexibility index (Phi) is 5.87. The molecule has 1 saturated heterocycles. The first kappa shape index (κ1) is 18.7. The van der Waals surface area contributed by atoms with Crippen molar-refractivity contribution in [2.75, 3.05) is 45.8 Å². The molecular formula is C19H21N3O5. The van der Waals surface area contributed by atoms with E-state index in [-0.39, 0.29) is 11.6 Å². The Labute approximate surface area is 157 Å². The highest BCUT2D eigenvalue weighted by Gasteiger charge is 2.20. The van der Waals surface area contributed by atoms with Crippen molar-refractivity contribution in [2.45, 2.75) is 0 Å². The molecule has 142 valence electrons. The minimum atomic E-state index is -0.418. The molecule has 2 aromatic rings. The van der Waals surface area contributed by atoms with Crippen LogP contribution in [0.3, 0.4) is 0 Å². The quantitative estimate of drug-likeness (QED) is 0.862. The molecule has 0 bridgehead atoms. The Hall–Kier alpha value is -3.13. The summed E-state index contributed by atoms with van der Waals surface area (Å²) in [6.07, 6.45) is 1.46. The lowest BCUT2D eigenvalue weighted by Crippen LogP contribution is -2.40. The van der Waals surface area contributed by atoms with Crippen LogP contribution in [0.25, 0.3) is 0 Å². The van der Waals surface area contributed by atoms with Crippen molar-refractivity contribution in [2.24, 2.45) is 0 Å². The fraction of sp³-hybridized carbons (Fsp3) is 0.316. The van der Waals surface area contributed by atoms with Crippen LogP contribution in [0.1, 0.15) is 20.8 Å². The second-order valence-electron chi connectivity index (χ2n) is 5.86. The van der Waals surface area contributed by atoms with Crippen molar-refractivity contribution in [1.29, 1.82) is 0 Å². The van der Waals surface area contributed by atoms with Crippen molar-refractivity contribution in [3.05, 3.63) is 47.8 Å². The first-order chi connectivity index (χ1) is 13.1. The third-order valence-electron chi connectivity index (χ3n) is 4.18. The van der Waals surface area contributed by atoms with E-state index in [0.29, 0.717) is 49.1 Å². The average molecular weight is 371 g/mol. The molecule has 1 aliphatic rings. The number of hydrogen-bond donors (Lipinski definition) is 1. The number of ether oxygens (including phenoxy) is 3. The van der Waals surface area contributed by atoms with Crippen LogP contribution >= 0.6 is 0 Å². The van der Waals surface area contributed by atoms with E-state index in [4.69, 9.17) is 14.2 Å². The molecule has 1 aliphatic heterocycles. The average Bonchev–Trinajstić information content (AvgIpc) is 2.73. The number of anilines is 1. The number of hydrogen-bond acceptors (Lipinski definition) is 6. The summed E-state index contributed by atoms with van der Waals surface area (Å²) in [6, 6.07) is 8.14. The van der Waals surface area contributed by atoms with Gasteiger partial charge in [0.05, 0.1) is 27.4 Å². The lowest BCUT2D eigenvalue weighted by atomic mass is 10.2. The topological polar surface area (TPSA) is 90.0 Å². The van der Waals surface area contributed by atoms with Gasteiger partial charge < -0.3 is 24.4 Å². The standard InChI is InChI=1S/C19H21N3O5/c1-25-16-4-3-14(12-17(16)26-2)21-18(23)15-11-13(5-6-20-15)19(24)22-7-9-27-10-8-22/h3-6,11-12H,7-10H2,1-2H3,(H,21,23). The van der Waals surface area contributed by atoms with Crippen LogP contribution in [-0.2, 0) is 4.74 Å². The SMILES string of the molecule is COc1ccc(NC(=O)c2cc(C(=O)N3CCOCC3)ccn2)cc1OC. The predicted octanol–water partition coefficient (Wildman–Crippen LogP) is 1.82. The predicted molar refractivity (Wildman–Crippen MR) is 98.5 cm³/mol. The van der Waals surface area contributed by atoms with Crippen molar-refractivity contribution < 1.29 is 23.8 Å². The smallest absolute Gasteiger partial charge is 0.274 e. The number of rotatable bonds is 5. The van der Waals surface area contributed by atoms with Crippen molar-refractivity contribution in [1.82, 2.24) is 9.88 Å². The number of pyridine rings is 1. The number of methoxy groups -OCH3 is 2. The second-order valence-corrected chi connectivity index (χ2v) is 5.86. The van der Waals surface area contributed by atoms with Gasteiger partial charge in [0.25, 0.3) is 11.8 Å². The van der Waals surface area contributed by atoms with E-state index in [9.17, 15) is 9.59 Å². The molecule has 1 fully saturated rings. The number of benzene rings is 1. The van der Waals surface area contributed by atoms with E-state index < -0.39 is 5.91 Å². The number of amides is 2. The van der Waals surface area contributed by atoms with Crippen LogP contribution in [0.5, 0.6) is 11.5 Å². The Morgan fingerprint density at radius 3 is 2.52 bits per heavy atom. The van der Waals surface area contributed by atoms with E-state index in [2.05, 4.69) is 10.3 Å². The number of aromatic nitrogens is 1. The Morgan fingerprint density at radius 1 is 1.07 bits per heavy atom. The minimum Gasteiger partial charge on any atom is -0.493 e. The molecule has 0 radical (unpaired) electrons. The van der Waals surface area contributed by atoms with Gasteiger partial charge >= 0.3 is 0 Å². The molecule has 0 aliphatic carbocycles. The van der Waals surface area contributed by atoms with Gasteiger partial charge in [-0.05, 0) is 24.3 Å². The second kappa shape index (κ2) is 8.50. The number of morpholine rings is 1. The van der Waals surface area contributed by atoms with Crippen LogP contribution < -0.4 is 14.8 Å². The molecule has 8 heteroatoms. The summed E-state index contributed by atoms with van der Waals surface area (Å²) < 4.78 is 15.7. The van der Waals surface area contributed by atoms with Gasteiger partial charge in [0.2, 0.25) is 0 Å². The Morgan fingerprint density at radius 2 is 1.81 bits per heavy atom. The van der Waals surface area contributed by atoms with Gasteiger partial charge in [-0.25, -0.2) is 0 Å². The van der Waals surface area contributed by atoms with Gasteiger partial charge in [-0.2, -0.15) is 0 Å². The highest BCUT2D eigenvalue weighted by Crippen LogP contribution is 2.29. The first-order valence-corrected chi connectivity index (χ1v) is 8.49. The summed E-state index contributed by atoms with van der Waals surface area (Å²) >= 11 is 0. The molecule has 0 saturated carbocycles. The molecule has 0 atom stereocenters. The fourth-order valence-corrected chi connectivity index (χ4v) is 2.75. The van der Waals surface area contributed by atoms with E-state index in [0.717, 1.165) is 0 Å². The molecule has 0 unspecified atom stereocenters. The summed E-state index contributed by atoms with van der Waals surface area (Å²) in [6.45, 7) is 2.11. The van der Waals surface area contributed by atoms with E-state index in [1.54, 1.807) is 29.2 Å². The number of carbonyl (C=O) groups excluding carboxylic acids is 2. The monoisotopic (exact) mass is 371 g/mol. The first-order valence-electron chi connectivity index (χ1n) is 8.49. The maximum Gasteiger partial charge on any atom is 0.274 e. The molecular weight excluding hydrogens is 350 g/mol. The number of carbonyl (C=O) groups is 2. The lowest BCUT2D eigenvalue weighted by Gasteiger charge is -2.26. The third-order valence-corrected chi connectivity index (χ3v) is 4.18. The van der Waals surface area contributed by atoms with Crippen LogP contribution in [0.4, 0.5) is 5.69 Å². The molecule has 1 N–H and O–H groups in total. The van der Waals surface area contributed by atoms with Gasteiger partial charge in [0.15, 0.2) is 11.5 Å². The Bertz CT molecular complexity index is 834. The molecule has 0 spiro atoms. The summed E-state index contributed by atoms with van der Waals surface area (Å²) in [5.41, 5.74) is 1.11. The molecule has 2 amide bonds. The zero-order chi connectivity index (χ0) is 19.2. The largest absolute Gasteiger partial charge is 0.493 e. The molecule has 8 nitrogen and oxygen atoms in total. The third kappa shape index (κ3) is 4.35. The van der Waals surface area contributed by atoms with Gasteiger partial charge in [-0.1, -0.05) is 0 Å². The van der Waals surface area contributed by atoms with Crippen LogP contribution in [0, 0.1) is 0 Å². The van der Waals surface area contributed by atoms with E-state index in [1.807, 2.05) is 0 Å². The zero-order valence-electron chi connectivity index (χ0n) is 15.2. The maximum absolute atomic E-state index is 12.6. The van der Waals surface area contributed by atoms with Crippen LogP contribution in [0.2, 0.25) is 0 Å². The molecule has 3 rings (SSSR count). The highest BCUT2D eigenvalue weighted by molar-refractivity contribution is 6.04. The Balaban J connectivity index is 1.74. The summed E-state index contributed by atoms with van der Waals surface area (Å²) in [5, 5.41) is 2.75. The van der Waals surface area contributed by atoms with E-state index >= 15 is 0 Å². The van der Waals surface area contributed by atoms with Crippen molar-refractivity contribution in [3.8, 4) is 11.5 Å². The van der Waals surface area contributed by atoms with Crippen LogP contribution in [-0.4, -0.2) is 62.2 Å². The van der Waals surface area contributed by atoms with Crippen molar-refractivity contribution in [3.63, 3.8) is 0 Å². The summed E-state index contributed by atoms with van der Waals surface area (Å²) in [7, 11) is 3.06. The number of nitrogens with one attached hydrogen (secondary N) is 1. The molecule has 1 aromatic heterocycles. The van der Waals surface area contributed by atoms with E-state index in [1.165, 1.54) is 26.5 Å². The zero-order valence-corrected chi connectivity index (χ0v) is 15.2. The number of nitrogens with zero attached hydrogens (tertiary/aromatic N) is 2. The van der Waals surface area contributed by atoms with Gasteiger partial charge in [-0.3, -0.25) is 14.6 Å². The van der Waals surface area contributed by atoms with Gasteiger partial charge in [-0.15, -0.1) is 0 Å². The molecule has 2 heterocycles. The molecule has 1 aromatic carbocycles. The van der Waals surface area contributed by atoms with Crippen LogP contribution in [0.15, 0.2) is 36.5 Å². The normalized spacial score (nSPS) is 13.8. The van der Waals surface area contributed by atoms with Gasteiger partial charge in [0.1, 0.15) is 5.69 Å². The minimum absolute atomic E-state index is 0.138. The fourth-order valence-electron chi connectivity index (χ4n) is 2.75. The highest BCUT2D eigenvalue weighted by atomic mass is 16.5. The summed E-state index contributed by atoms with van der Waals surface area (Å²) in [5.74, 6) is 0.506. The van der Waals surface area contributed by atoms with Gasteiger partial charge in [0, 0.05) is 36.6 Å². The maximum atomic E-state index is 12.6. The lowest BCUT2D eigenvalue weighted by molar-refractivity contribution is 0.0303.